The number of rotatable bonds is 9. The fourth-order valence-corrected chi connectivity index (χ4v) is 7.99. The van der Waals surface area contributed by atoms with Crippen molar-refractivity contribution in [1.29, 1.82) is 0 Å². The van der Waals surface area contributed by atoms with Crippen molar-refractivity contribution >= 4 is 36.2 Å². The number of hydrogen-bond donors (Lipinski definition) is 0. The zero-order valence-electron chi connectivity index (χ0n) is 35.5. The Balaban J connectivity index is 1.54. The van der Waals surface area contributed by atoms with Gasteiger partial charge < -0.3 is 22.6 Å². The summed E-state index contributed by atoms with van der Waals surface area (Å²) < 4.78 is 45.9. The Labute approximate surface area is 362 Å². The zero-order valence-corrected chi connectivity index (χ0v) is 35.5. The number of halogens is 2. The van der Waals surface area contributed by atoms with Crippen LogP contribution in [0, 0.1) is 44.5 Å². The van der Waals surface area contributed by atoms with E-state index < -0.39 is 19.3 Å². The Morgan fingerprint density at radius 3 is 1.66 bits per heavy atom. The summed E-state index contributed by atoms with van der Waals surface area (Å²) in [6.07, 6.45) is 2.13. The van der Waals surface area contributed by atoms with Gasteiger partial charge in [0, 0.05) is 53.6 Å². The quantitative estimate of drug-likeness (QED) is 0.0631. The lowest BCUT2D eigenvalue weighted by Crippen LogP contribution is -2.21. The monoisotopic (exact) mass is 821 g/mol. The summed E-state index contributed by atoms with van der Waals surface area (Å²) in [5.41, 5.74) is 13.0. The maximum Gasteiger partial charge on any atom is 0.341 e. The molecule has 0 fully saturated rings. The van der Waals surface area contributed by atoms with Crippen LogP contribution in [0.5, 0.6) is 0 Å². The lowest BCUT2D eigenvalue weighted by molar-refractivity contribution is -0.430. The van der Waals surface area contributed by atoms with Crippen LogP contribution in [0.15, 0.2) is 139 Å². The average molecular weight is 822 g/mol. The Morgan fingerprint density at radius 1 is 0.661 bits per heavy atom. The van der Waals surface area contributed by atoms with Crippen molar-refractivity contribution in [3.05, 3.63) is 189 Å². The first-order chi connectivity index (χ1) is 29.9. The summed E-state index contributed by atoms with van der Waals surface area (Å²) in [6, 6.07) is 40.8. The molecular formula is C53H44BF2N2O4. The van der Waals surface area contributed by atoms with Gasteiger partial charge in [-0.15, -0.1) is 0 Å². The second kappa shape index (κ2) is 18.8. The van der Waals surface area contributed by atoms with Gasteiger partial charge in [-0.2, -0.15) is 4.58 Å². The van der Waals surface area contributed by atoms with Gasteiger partial charge in [-0.25, -0.2) is 0 Å². The second-order valence-corrected chi connectivity index (χ2v) is 15.0. The fraction of sp³-hybridized carbons (Fsp3) is 0.151. The molecule has 1 aromatic heterocycles. The summed E-state index contributed by atoms with van der Waals surface area (Å²) in [5, 5.41) is 0. The van der Waals surface area contributed by atoms with Gasteiger partial charge in [-0.1, -0.05) is 114 Å². The fourth-order valence-electron chi connectivity index (χ4n) is 7.99. The van der Waals surface area contributed by atoms with Gasteiger partial charge in [0.1, 0.15) is 7.05 Å². The van der Waals surface area contributed by atoms with E-state index in [-0.39, 0.29) is 13.2 Å². The Morgan fingerprint density at radius 2 is 1.16 bits per heavy atom. The van der Waals surface area contributed by atoms with Crippen LogP contribution in [0.2, 0.25) is 0 Å². The van der Waals surface area contributed by atoms with Crippen LogP contribution in [0.1, 0.15) is 64.0 Å². The van der Waals surface area contributed by atoms with Gasteiger partial charge >= 0.3 is 19.3 Å². The smallest absolute Gasteiger partial charge is 0.341 e. The molecule has 2 heterocycles. The topological polar surface area (TPSA) is 60.5 Å². The highest BCUT2D eigenvalue weighted by molar-refractivity contribution is 6.42. The molecule has 0 saturated heterocycles. The molecule has 9 heteroatoms. The highest BCUT2D eigenvalue weighted by Crippen LogP contribution is 2.46. The summed E-state index contributed by atoms with van der Waals surface area (Å²) in [4.78, 5) is 22.5. The number of nitrogens with zero attached hydrogens (tertiary/aromatic N) is 2. The number of likely N-dealkylation sites (N-methyl/N-ethyl adjacent to an activating group) is 1. The minimum Gasteiger partial charge on any atom is -0.483 e. The molecule has 1 aliphatic rings. The molecule has 0 saturated carbocycles. The predicted octanol–water partition coefficient (Wildman–Crippen LogP) is 10.3. The lowest BCUT2D eigenvalue weighted by Gasteiger charge is -2.26. The molecule has 1 aliphatic heterocycles. The molecule has 6 nitrogen and oxygen atoms in total. The van der Waals surface area contributed by atoms with Crippen LogP contribution in [0.4, 0.5) is 8.63 Å². The van der Waals surface area contributed by atoms with E-state index in [1.165, 1.54) is 18.3 Å². The highest BCUT2D eigenvalue weighted by Gasteiger charge is 2.37. The third kappa shape index (κ3) is 9.28. The van der Waals surface area contributed by atoms with Gasteiger partial charge in [0.2, 0.25) is 11.4 Å². The molecule has 0 atom stereocenters. The van der Waals surface area contributed by atoms with Crippen molar-refractivity contribution in [3.63, 3.8) is 0 Å². The molecule has 1 radical (unpaired) electrons. The number of carbonyl (C=O) groups is 2. The van der Waals surface area contributed by atoms with Crippen LogP contribution in [-0.2, 0) is 19.1 Å². The van der Waals surface area contributed by atoms with Gasteiger partial charge in [0.15, 0.2) is 13.2 Å². The number of hydrogen-bond acceptors (Lipinski definition) is 4. The van der Waals surface area contributed by atoms with Gasteiger partial charge in [0.05, 0.1) is 11.1 Å². The minimum atomic E-state index is -2.93. The number of carbonyl (C=O) groups excluding carboxylic acids is 2. The molecule has 0 spiro atoms. The summed E-state index contributed by atoms with van der Waals surface area (Å²) in [5.74, 6) is 10.9. The van der Waals surface area contributed by atoms with E-state index in [2.05, 4.69) is 46.5 Å². The Hall–Kier alpha value is -7.49. The van der Waals surface area contributed by atoms with Crippen molar-refractivity contribution < 1.29 is 32.3 Å². The van der Waals surface area contributed by atoms with Crippen LogP contribution < -0.4 is 0 Å². The average Bonchev–Trinajstić information content (AvgIpc) is 3.82. The number of aromatic nitrogens is 1. The number of ether oxygens (including phenoxy) is 2. The summed E-state index contributed by atoms with van der Waals surface area (Å²) in [7, 11) is -0.945. The van der Waals surface area contributed by atoms with Crippen molar-refractivity contribution in [2.24, 2.45) is 0 Å². The minimum absolute atomic E-state index is 0.00118. The number of allylic oxidation sites excluding steroid dienone is 2. The van der Waals surface area contributed by atoms with Crippen molar-refractivity contribution in [1.82, 2.24) is 4.48 Å². The van der Waals surface area contributed by atoms with E-state index in [1.807, 2.05) is 119 Å². The molecule has 62 heavy (non-hydrogen) atoms. The molecule has 0 amide bonds. The van der Waals surface area contributed by atoms with Crippen LogP contribution in [0.25, 0.3) is 33.5 Å². The van der Waals surface area contributed by atoms with Crippen molar-refractivity contribution in [2.75, 3.05) is 20.3 Å². The molecule has 0 unspecified atom stereocenters. The second-order valence-electron chi connectivity index (χ2n) is 15.0. The first kappa shape index (κ1) is 42.6. The molecule has 0 bridgehead atoms. The predicted molar refractivity (Wildman–Crippen MR) is 244 cm³/mol. The van der Waals surface area contributed by atoms with Gasteiger partial charge in [-0.05, 0) is 96.6 Å². The Bertz CT molecular complexity index is 2880. The first-order valence-corrected chi connectivity index (χ1v) is 20.2. The number of benzene rings is 5. The van der Waals surface area contributed by atoms with E-state index in [1.54, 1.807) is 24.3 Å². The number of aryl methyl sites for hydroxylation is 3. The highest BCUT2D eigenvalue weighted by atomic mass is 19.2. The maximum atomic E-state index is 16.3. The van der Waals surface area contributed by atoms with Gasteiger partial charge in [-0.3, -0.25) is 9.59 Å². The zero-order chi connectivity index (χ0) is 43.9. The van der Waals surface area contributed by atoms with E-state index in [0.29, 0.717) is 33.7 Å². The van der Waals surface area contributed by atoms with E-state index in [9.17, 15) is 9.59 Å². The first-order valence-electron chi connectivity index (χ1n) is 20.2. The van der Waals surface area contributed by atoms with E-state index in [0.717, 1.165) is 61.5 Å². The van der Waals surface area contributed by atoms with Crippen molar-refractivity contribution in [2.45, 2.75) is 34.6 Å². The molecule has 0 N–H and O–H groups in total. The molecule has 6 aromatic rings. The number of esters is 2. The van der Waals surface area contributed by atoms with Crippen LogP contribution in [-0.4, -0.2) is 54.4 Å². The van der Waals surface area contributed by atoms with Crippen LogP contribution >= 0.6 is 0 Å². The van der Waals surface area contributed by atoms with E-state index >= 15 is 8.63 Å². The van der Waals surface area contributed by atoms with Crippen LogP contribution in [0.3, 0.4) is 0 Å². The van der Waals surface area contributed by atoms with Crippen molar-refractivity contribution in [3.8, 4) is 46.1 Å². The van der Waals surface area contributed by atoms with Gasteiger partial charge in [0.25, 0.3) is 0 Å². The third-order valence-electron chi connectivity index (χ3n) is 10.6. The SMILES string of the molecule is CC(=O)OCC#Cc1ccc(C2=[N+](C)/C(=C(/c3c(C)cc(C)cc3C)c3c(-c4ccccc4)cc(-c4ccc(C#CCOC(C)=O)cc4)n3[B-](F)F)C(c3ccccc3)=C2)cc1. The summed E-state index contributed by atoms with van der Waals surface area (Å²) >= 11 is 0. The standard InChI is InChI=1S/C53H44BF2N2O4/c1-35-31-36(2)50(37(3)32-35)51(52-46(42-17-9-7-10-18-42)33-48(57(52)6)44-25-21-40(22-26-44)15-13-29-61-38(4)59)53-47(43-19-11-8-12-20-43)34-49(58(53)54(55)56)45-27-23-41(24-28-45)16-14-30-62-39(5)60/h7-12,17-28,31-34H,29-30H2,1-6H3. The molecule has 0 aliphatic carbocycles. The normalized spacial score (nSPS) is 12.9. The molecular weight excluding hydrogens is 777 g/mol. The third-order valence-corrected chi connectivity index (χ3v) is 10.6. The maximum absolute atomic E-state index is 16.3. The largest absolute Gasteiger partial charge is 0.483 e. The lowest BCUT2D eigenvalue weighted by atomic mass is 9.85. The van der Waals surface area contributed by atoms with E-state index in [4.69, 9.17) is 9.47 Å². The Kier molecular flexibility index (Phi) is 13.0. The summed E-state index contributed by atoms with van der Waals surface area (Å²) in [6.45, 7) is 8.76. The molecule has 7 rings (SSSR count). The molecule has 307 valence electrons. The molecule has 5 aromatic carbocycles.